The number of alkyl halides is 3. The van der Waals surface area contributed by atoms with E-state index in [1.165, 1.54) is 20.0 Å². The van der Waals surface area contributed by atoms with Crippen LogP contribution < -0.4 is 4.74 Å². The molecule has 34 heavy (non-hydrogen) atoms. The number of hydrogen-bond donors (Lipinski definition) is 0. The summed E-state index contributed by atoms with van der Waals surface area (Å²) in [7, 11) is -2.83. The van der Waals surface area contributed by atoms with Crippen molar-refractivity contribution < 1.29 is 35.9 Å². The highest BCUT2D eigenvalue weighted by molar-refractivity contribution is 7.90. The van der Waals surface area contributed by atoms with Crippen molar-refractivity contribution in [3.05, 3.63) is 58.0 Å². The van der Waals surface area contributed by atoms with Gasteiger partial charge in [-0.3, -0.25) is 9.48 Å². The van der Waals surface area contributed by atoms with Crippen LogP contribution in [0.5, 0.6) is 5.88 Å². The van der Waals surface area contributed by atoms with Crippen molar-refractivity contribution in [1.82, 2.24) is 19.6 Å². The van der Waals surface area contributed by atoms with Gasteiger partial charge in [-0.05, 0) is 45.0 Å². The average Bonchev–Trinajstić information content (AvgIpc) is 3.24. The standard InChI is InChI=1S/C21H21F3N4O5S/c1-6-28-11(2)9-15(26-28)20(30)33-19-17(12(3)25-27(19)4)18(29)14-8-7-13(21(22,23)24)10-16(14)34(5,31)32/h7-10H,6H2,1-5H3. The molecule has 13 heteroatoms. The Hall–Kier alpha value is -3.48. The number of carbonyl (C=O) groups excluding carboxylic acids is 2. The van der Waals surface area contributed by atoms with Crippen molar-refractivity contribution in [2.75, 3.05) is 6.26 Å². The highest BCUT2D eigenvalue weighted by atomic mass is 32.2. The lowest BCUT2D eigenvalue weighted by atomic mass is 10.0. The summed E-state index contributed by atoms with van der Waals surface area (Å²) in [4.78, 5) is 25.2. The van der Waals surface area contributed by atoms with Gasteiger partial charge in [-0.2, -0.15) is 23.4 Å². The molecule has 0 radical (unpaired) electrons. The first-order valence-electron chi connectivity index (χ1n) is 9.91. The predicted octanol–water partition coefficient (Wildman–Crippen LogP) is 3.13. The highest BCUT2D eigenvalue weighted by Crippen LogP contribution is 2.34. The van der Waals surface area contributed by atoms with Crippen molar-refractivity contribution in [3.63, 3.8) is 0 Å². The molecule has 2 heterocycles. The first-order chi connectivity index (χ1) is 15.6. The Bertz CT molecular complexity index is 1400. The minimum Gasteiger partial charge on any atom is -0.402 e. The zero-order chi connectivity index (χ0) is 25.6. The van der Waals surface area contributed by atoms with E-state index in [0.717, 1.165) is 10.7 Å². The fourth-order valence-electron chi connectivity index (χ4n) is 3.41. The number of hydrogen-bond acceptors (Lipinski definition) is 7. The molecule has 182 valence electrons. The van der Waals surface area contributed by atoms with Gasteiger partial charge in [0.05, 0.1) is 16.2 Å². The first kappa shape index (κ1) is 25.1. The maximum Gasteiger partial charge on any atom is 0.416 e. The average molecular weight is 498 g/mol. The lowest BCUT2D eigenvalue weighted by Crippen LogP contribution is -2.17. The van der Waals surface area contributed by atoms with E-state index in [1.54, 1.807) is 11.6 Å². The van der Waals surface area contributed by atoms with Gasteiger partial charge in [0, 0.05) is 31.1 Å². The van der Waals surface area contributed by atoms with Crippen LogP contribution in [0.15, 0.2) is 29.2 Å². The maximum absolute atomic E-state index is 13.3. The van der Waals surface area contributed by atoms with Gasteiger partial charge in [0.2, 0.25) is 11.7 Å². The smallest absolute Gasteiger partial charge is 0.402 e. The van der Waals surface area contributed by atoms with Gasteiger partial charge in [0.15, 0.2) is 15.5 Å². The maximum atomic E-state index is 13.3. The topological polar surface area (TPSA) is 113 Å². The molecular formula is C21H21F3N4O5S. The number of esters is 1. The van der Waals surface area contributed by atoms with Gasteiger partial charge < -0.3 is 4.74 Å². The first-order valence-corrected chi connectivity index (χ1v) is 11.8. The lowest BCUT2D eigenvalue weighted by Gasteiger charge is -2.12. The molecule has 0 saturated heterocycles. The summed E-state index contributed by atoms with van der Waals surface area (Å²) >= 11 is 0. The number of aromatic nitrogens is 4. The van der Waals surface area contributed by atoms with Crippen molar-refractivity contribution in [1.29, 1.82) is 0 Å². The van der Waals surface area contributed by atoms with E-state index in [0.29, 0.717) is 30.6 Å². The van der Waals surface area contributed by atoms with Crippen molar-refractivity contribution in [2.45, 2.75) is 38.4 Å². The Morgan fingerprint density at radius 3 is 2.29 bits per heavy atom. The van der Waals surface area contributed by atoms with Crippen LogP contribution in [0.4, 0.5) is 13.2 Å². The second-order valence-electron chi connectivity index (χ2n) is 7.58. The predicted molar refractivity (Wildman–Crippen MR) is 114 cm³/mol. The van der Waals surface area contributed by atoms with Crippen LogP contribution in [-0.4, -0.2) is 46.0 Å². The monoisotopic (exact) mass is 498 g/mol. The molecule has 0 bridgehead atoms. The van der Waals surface area contributed by atoms with Gasteiger partial charge in [0.1, 0.15) is 5.56 Å². The van der Waals surface area contributed by atoms with Gasteiger partial charge in [0.25, 0.3) is 0 Å². The number of aryl methyl sites for hydroxylation is 4. The molecule has 0 aliphatic carbocycles. The van der Waals surface area contributed by atoms with Crippen LogP contribution in [0.3, 0.4) is 0 Å². The number of halogens is 3. The summed E-state index contributed by atoms with van der Waals surface area (Å²) < 4.78 is 72.0. The molecule has 0 N–H and O–H groups in total. The molecule has 0 amide bonds. The Morgan fingerprint density at radius 2 is 1.76 bits per heavy atom. The third-order valence-corrected chi connectivity index (χ3v) is 6.17. The Balaban J connectivity index is 2.10. The fourth-order valence-corrected chi connectivity index (χ4v) is 4.31. The van der Waals surface area contributed by atoms with Crippen LogP contribution in [0.25, 0.3) is 0 Å². The summed E-state index contributed by atoms with van der Waals surface area (Å²) in [6, 6.07) is 3.29. The lowest BCUT2D eigenvalue weighted by molar-refractivity contribution is -0.137. The molecule has 0 aliphatic heterocycles. The van der Waals surface area contributed by atoms with E-state index >= 15 is 0 Å². The van der Waals surface area contributed by atoms with Crippen LogP contribution in [-0.2, 0) is 29.6 Å². The Kier molecular flexibility index (Phi) is 6.44. The van der Waals surface area contributed by atoms with E-state index in [1.807, 2.05) is 6.92 Å². The van der Waals surface area contributed by atoms with Gasteiger partial charge in [-0.15, -0.1) is 0 Å². The molecule has 0 unspecified atom stereocenters. The molecule has 2 aromatic heterocycles. The van der Waals surface area contributed by atoms with E-state index in [9.17, 15) is 31.2 Å². The number of benzene rings is 1. The number of ether oxygens (including phenoxy) is 1. The quantitative estimate of drug-likeness (QED) is 0.379. The van der Waals surface area contributed by atoms with Crippen LogP contribution >= 0.6 is 0 Å². The van der Waals surface area contributed by atoms with Crippen molar-refractivity contribution >= 4 is 21.6 Å². The van der Waals surface area contributed by atoms with E-state index in [4.69, 9.17) is 4.74 Å². The fraction of sp³-hybridized carbons (Fsp3) is 0.333. The molecule has 0 atom stereocenters. The summed E-state index contributed by atoms with van der Waals surface area (Å²) in [6.45, 7) is 5.51. The normalized spacial score (nSPS) is 12.1. The van der Waals surface area contributed by atoms with Gasteiger partial charge >= 0.3 is 12.1 Å². The van der Waals surface area contributed by atoms with E-state index in [2.05, 4.69) is 10.2 Å². The second-order valence-corrected chi connectivity index (χ2v) is 9.56. The third-order valence-electron chi connectivity index (χ3n) is 5.03. The number of rotatable bonds is 6. The summed E-state index contributed by atoms with van der Waals surface area (Å²) in [5, 5.41) is 8.17. The number of ketones is 1. The van der Waals surface area contributed by atoms with E-state index < -0.39 is 43.8 Å². The second kappa shape index (κ2) is 8.70. The minimum atomic E-state index is -4.81. The summed E-state index contributed by atoms with van der Waals surface area (Å²) in [5.74, 6) is -2.14. The van der Waals surface area contributed by atoms with E-state index in [-0.39, 0.29) is 22.8 Å². The van der Waals surface area contributed by atoms with Gasteiger partial charge in [-0.25, -0.2) is 17.9 Å². The van der Waals surface area contributed by atoms with Crippen LogP contribution in [0.1, 0.15) is 50.3 Å². The summed E-state index contributed by atoms with van der Waals surface area (Å²) in [6.07, 6.45) is -4.12. The largest absolute Gasteiger partial charge is 0.416 e. The zero-order valence-corrected chi connectivity index (χ0v) is 19.7. The SMILES string of the molecule is CCn1nc(C(=O)Oc2c(C(=O)c3ccc(C(F)(F)F)cc3S(C)(=O)=O)c(C)nn2C)cc1C. The van der Waals surface area contributed by atoms with Crippen molar-refractivity contribution in [2.24, 2.45) is 7.05 Å². The number of sulfone groups is 1. The number of carbonyl (C=O) groups is 2. The molecule has 0 aliphatic rings. The molecule has 0 fully saturated rings. The van der Waals surface area contributed by atoms with Crippen LogP contribution in [0, 0.1) is 13.8 Å². The summed E-state index contributed by atoms with van der Waals surface area (Å²) in [5.41, 5.74) is -1.22. The molecule has 0 spiro atoms. The Labute approximate surface area is 193 Å². The third kappa shape index (κ3) is 4.74. The van der Waals surface area contributed by atoms with Crippen LogP contribution in [0.2, 0.25) is 0 Å². The molecule has 9 nitrogen and oxygen atoms in total. The molecule has 1 aromatic carbocycles. The minimum absolute atomic E-state index is 0.0250. The molecule has 3 rings (SSSR count). The van der Waals surface area contributed by atoms with Gasteiger partial charge in [-0.1, -0.05) is 0 Å². The zero-order valence-electron chi connectivity index (χ0n) is 18.9. The molecule has 3 aromatic rings. The molecular weight excluding hydrogens is 477 g/mol. The molecule has 0 saturated carbocycles. The number of nitrogens with zero attached hydrogens (tertiary/aromatic N) is 4. The highest BCUT2D eigenvalue weighted by Gasteiger charge is 2.34. The Morgan fingerprint density at radius 1 is 1.12 bits per heavy atom. The van der Waals surface area contributed by atoms with Crippen molar-refractivity contribution in [3.8, 4) is 5.88 Å².